The van der Waals surface area contributed by atoms with Crippen LogP contribution in [0.4, 0.5) is 0 Å². The number of carbonyl (C=O) groups excluding carboxylic acids is 1. The highest BCUT2D eigenvalue weighted by molar-refractivity contribution is 6.20. The average molecular weight is 273 g/mol. The molecule has 0 aliphatic carbocycles. The number of rotatable bonds is 3. The van der Waals surface area contributed by atoms with E-state index in [0.717, 1.165) is 16.3 Å². The molecule has 2 nitrogen and oxygen atoms in total. The number of hydrogen-bond donors (Lipinski definition) is 0. The van der Waals surface area contributed by atoms with Crippen molar-refractivity contribution in [3.8, 4) is 0 Å². The molecule has 3 rings (SSSR count). The van der Waals surface area contributed by atoms with Crippen molar-refractivity contribution in [2.24, 2.45) is 0 Å². The summed E-state index contributed by atoms with van der Waals surface area (Å²) in [5.41, 5.74) is 1.70. The zero-order chi connectivity index (χ0) is 14.7. The van der Waals surface area contributed by atoms with Crippen LogP contribution in [0, 0.1) is 0 Å². The molecule has 0 fully saturated rings. The van der Waals surface area contributed by atoms with E-state index in [2.05, 4.69) is 0 Å². The summed E-state index contributed by atoms with van der Waals surface area (Å²) in [6.45, 7) is 0. The molecule has 102 valence electrons. The van der Waals surface area contributed by atoms with Crippen LogP contribution in [0.3, 0.4) is 0 Å². The summed E-state index contributed by atoms with van der Waals surface area (Å²) in [5, 5.41) is 13.6. The minimum Gasteiger partial charge on any atom is -0.545 e. The Kier molecular flexibility index (Phi) is 3.52. The fraction of sp³-hybridized carbons (Fsp3) is 0. The highest BCUT2D eigenvalue weighted by Gasteiger charge is 2.04. The summed E-state index contributed by atoms with van der Waals surface area (Å²) in [5.74, 6) is -1.17. The second-order valence-corrected chi connectivity index (χ2v) is 4.78. The first-order valence-electron chi connectivity index (χ1n) is 6.72. The first kappa shape index (κ1) is 13.1. The van der Waals surface area contributed by atoms with Gasteiger partial charge in [0.05, 0.1) is 5.97 Å². The van der Waals surface area contributed by atoms with Crippen molar-refractivity contribution in [3.05, 3.63) is 83.9 Å². The third-order valence-electron chi connectivity index (χ3n) is 3.43. The Balaban J connectivity index is 2.19. The maximum Gasteiger partial charge on any atom is 0.0721 e. The van der Waals surface area contributed by atoms with Gasteiger partial charge in [-0.3, -0.25) is 0 Å². The van der Waals surface area contributed by atoms with Gasteiger partial charge in [-0.25, -0.2) is 0 Å². The summed E-state index contributed by atoms with van der Waals surface area (Å²) in [4.78, 5) is 11.5. The van der Waals surface area contributed by atoms with Gasteiger partial charge in [-0.2, -0.15) is 0 Å². The fourth-order valence-electron chi connectivity index (χ4n) is 2.41. The van der Waals surface area contributed by atoms with Crippen LogP contribution in [0.1, 0.15) is 11.1 Å². The molecule has 0 N–H and O–H groups in total. The number of carbonyl (C=O) groups is 1. The van der Waals surface area contributed by atoms with Gasteiger partial charge in [0, 0.05) is 5.57 Å². The molecule has 0 heterocycles. The quantitative estimate of drug-likeness (QED) is 0.543. The molecule has 0 aliphatic heterocycles. The van der Waals surface area contributed by atoms with Gasteiger partial charge in [-0.15, -0.1) is 0 Å². The summed E-state index contributed by atoms with van der Waals surface area (Å²) in [6, 6.07) is 22.8. The van der Waals surface area contributed by atoms with Gasteiger partial charge in [0.1, 0.15) is 0 Å². The van der Waals surface area contributed by atoms with Crippen LogP contribution in [-0.4, -0.2) is 5.97 Å². The summed E-state index contributed by atoms with van der Waals surface area (Å²) in [6.07, 6.45) is 1.67. The Labute approximate surface area is 123 Å². The van der Waals surface area contributed by atoms with E-state index in [1.54, 1.807) is 18.2 Å². The van der Waals surface area contributed by atoms with Crippen molar-refractivity contribution < 1.29 is 9.90 Å². The van der Waals surface area contributed by atoms with Crippen LogP contribution in [-0.2, 0) is 4.79 Å². The van der Waals surface area contributed by atoms with Gasteiger partial charge in [-0.05, 0) is 28.0 Å². The minimum absolute atomic E-state index is 0.187. The van der Waals surface area contributed by atoms with Crippen LogP contribution < -0.4 is 5.11 Å². The fourth-order valence-corrected chi connectivity index (χ4v) is 2.41. The van der Waals surface area contributed by atoms with Crippen molar-refractivity contribution in [1.82, 2.24) is 0 Å². The Hall–Kier alpha value is -2.87. The predicted octanol–water partition coefficient (Wildman–Crippen LogP) is 3.13. The van der Waals surface area contributed by atoms with E-state index in [1.165, 1.54) is 0 Å². The number of benzene rings is 3. The maximum atomic E-state index is 11.5. The lowest BCUT2D eigenvalue weighted by Gasteiger charge is -2.10. The summed E-state index contributed by atoms with van der Waals surface area (Å²) >= 11 is 0. The lowest BCUT2D eigenvalue weighted by molar-refractivity contribution is -0.295. The van der Waals surface area contributed by atoms with Crippen LogP contribution in [0.5, 0.6) is 0 Å². The highest BCUT2D eigenvalue weighted by Crippen LogP contribution is 2.24. The lowest BCUT2D eigenvalue weighted by atomic mass is 9.99. The van der Waals surface area contributed by atoms with E-state index in [4.69, 9.17) is 0 Å². The summed E-state index contributed by atoms with van der Waals surface area (Å²) in [7, 11) is 0. The average Bonchev–Trinajstić information content (AvgIpc) is 2.53. The van der Waals surface area contributed by atoms with E-state index in [9.17, 15) is 9.90 Å². The molecule has 0 bridgehead atoms. The van der Waals surface area contributed by atoms with Crippen LogP contribution >= 0.6 is 0 Å². The highest BCUT2D eigenvalue weighted by atomic mass is 16.4. The Morgan fingerprint density at radius 1 is 0.810 bits per heavy atom. The molecule has 0 amide bonds. The van der Waals surface area contributed by atoms with Crippen molar-refractivity contribution in [2.45, 2.75) is 0 Å². The second-order valence-electron chi connectivity index (χ2n) is 4.78. The first-order valence-corrected chi connectivity index (χ1v) is 6.72. The normalized spacial score (nSPS) is 11.5. The van der Waals surface area contributed by atoms with Crippen molar-refractivity contribution in [1.29, 1.82) is 0 Å². The Morgan fingerprint density at radius 2 is 1.48 bits per heavy atom. The van der Waals surface area contributed by atoms with Crippen LogP contribution in [0.15, 0.2) is 72.8 Å². The number of aliphatic carboxylic acids is 1. The van der Waals surface area contributed by atoms with Crippen LogP contribution in [0.2, 0.25) is 0 Å². The number of hydrogen-bond acceptors (Lipinski definition) is 2. The van der Waals surface area contributed by atoms with Gasteiger partial charge in [-0.1, -0.05) is 72.8 Å². The third kappa shape index (κ3) is 2.70. The van der Waals surface area contributed by atoms with Gasteiger partial charge in [0.15, 0.2) is 0 Å². The van der Waals surface area contributed by atoms with E-state index in [-0.39, 0.29) is 5.57 Å². The van der Waals surface area contributed by atoms with Gasteiger partial charge in [0.25, 0.3) is 0 Å². The van der Waals surface area contributed by atoms with E-state index in [0.29, 0.717) is 5.56 Å². The molecule has 0 aliphatic rings. The molecule has 0 radical (unpaired) electrons. The predicted molar refractivity (Wildman–Crippen MR) is 83.3 cm³/mol. The smallest absolute Gasteiger partial charge is 0.0721 e. The number of carboxylic acids is 1. The zero-order valence-electron chi connectivity index (χ0n) is 11.3. The third-order valence-corrected chi connectivity index (χ3v) is 3.43. The molecular weight excluding hydrogens is 260 g/mol. The van der Waals surface area contributed by atoms with Crippen molar-refractivity contribution >= 4 is 28.4 Å². The molecule has 0 saturated carbocycles. The molecule has 21 heavy (non-hydrogen) atoms. The van der Waals surface area contributed by atoms with Crippen molar-refractivity contribution in [3.63, 3.8) is 0 Å². The largest absolute Gasteiger partial charge is 0.545 e. The Bertz CT molecular complexity index is 812. The monoisotopic (exact) mass is 273 g/mol. The molecule has 2 heteroatoms. The number of carboxylic acid groups (broad SMARTS) is 1. The topological polar surface area (TPSA) is 40.1 Å². The molecule has 0 aromatic heterocycles. The van der Waals surface area contributed by atoms with Gasteiger partial charge >= 0.3 is 0 Å². The number of fused-ring (bicyclic) bond motifs is 1. The second kappa shape index (κ2) is 5.63. The van der Waals surface area contributed by atoms with Gasteiger partial charge in [0.2, 0.25) is 0 Å². The van der Waals surface area contributed by atoms with E-state index in [1.807, 2.05) is 60.7 Å². The molecule has 3 aromatic rings. The standard InChI is InChI=1S/C19H14O2/c20-19(21)18(15-7-2-1-3-8-15)13-16-11-6-10-14-9-4-5-12-17(14)16/h1-13H,(H,20,21)/p-1. The molecular formula is C19H13O2-. The molecule has 3 aromatic carbocycles. The van der Waals surface area contributed by atoms with Gasteiger partial charge < -0.3 is 9.90 Å². The molecule has 0 spiro atoms. The molecule has 0 saturated heterocycles. The van der Waals surface area contributed by atoms with Crippen molar-refractivity contribution in [2.75, 3.05) is 0 Å². The summed E-state index contributed by atoms with van der Waals surface area (Å²) < 4.78 is 0. The van der Waals surface area contributed by atoms with E-state index < -0.39 is 5.97 Å². The SMILES string of the molecule is O=C([O-])C(=Cc1cccc2ccccc12)c1ccccc1. The minimum atomic E-state index is -1.17. The maximum absolute atomic E-state index is 11.5. The van der Waals surface area contributed by atoms with Crippen LogP contribution in [0.25, 0.3) is 22.4 Å². The molecule has 0 unspecified atom stereocenters. The lowest BCUT2D eigenvalue weighted by Crippen LogP contribution is -2.23. The van der Waals surface area contributed by atoms with E-state index >= 15 is 0 Å². The molecule has 0 atom stereocenters. The first-order chi connectivity index (χ1) is 10.3. The zero-order valence-corrected chi connectivity index (χ0v) is 11.3. The Morgan fingerprint density at radius 3 is 2.24 bits per heavy atom.